The van der Waals surface area contributed by atoms with Gasteiger partial charge in [0.25, 0.3) is 5.91 Å². The monoisotopic (exact) mass is 427 g/mol. The number of rotatable bonds is 6. The van der Waals surface area contributed by atoms with Crippen LogP contribution in [0.3, 0.4) is 0 Å². The second-order valence-corrected chi connectivity index (χ2v) is 7.13. The maximum atomic E-state index is 12.7. The Morgan fingerprint density at radius 1 is 1.03 bits per heavy atom. The number of hydrogen-bond acceptors (Lipinski definition) is 6. The highest BCUT2D eigenvalue weighted by Crippen LogP contribution is 2.26. The fourth-order valence-corrected chi connectivity index (χ4v) is 3.26. The zero-order valence-corrected chi connectivity index (χ0v) is 17.0. The van der Waals surface area contributed by atoms with Gasteiger partial charge in [-0.1, -0.05) is 42.5 Å². The van der Waals surface area contributed by atoms with E-state index in [0.29, 0.717) is 28.1 Å². The lowest BCUT2D eigenvalue weighted by atomic mass is 10.1. The number of carbonyl (C=O) groups excluding carboxylic acids is 1. The SMILES string of the molecule is Nc1ncc(-c2ccc(=O)[nH]c2)nc1-c1ccc(C(=O)NC(CO)c2ccccc2)cc1. The van der Waals surface area contributed by atoms with Crippen LogP contribution in [0.5, 0.6) is 0 Å². The number of nitrogens with one attached hydrogen (secondary N) is 2. The summed E-state index contributed by atoms with van der Waals surface area (Å²) in [6, 6.07) is 18.6. The van der Waals surface area contributed by atoms with Crippen molar-refractivity contribution in [2.45, 2.75) is 6.04 Å². The lowest BCUT2D eigenvalue weighted by molar-refractivity contribution is 0.0916. The molecule has 8 heteroatoms. The number of aliphatic hydroxyl groups excluding tert-OH is 1. The van der Waals surface area contributed by atoms with Crippen LogP contribution >= 0.6 is 0 Å². The maximum absolute atomic E-state index is 12.7. The number of aromatic amines is 1. The normalized spacial score (nSPS) is 11.7. The topological polar surface area (TPSA) is 134 Å². The number of aliphatic hydroxyl groups is 1. The minimum absolute atomic E-state index is 0.207. The molecule has 8 nitrogen and oxygen atoms in total. The van der Waals surface area contributed by atoms with E-state index in [1.54, 1.807) is 36.5 Å². The van der Waals surface area contributed by atoms with Crippen LogP contribution in [0.25, 0.3) is 22.5 Å². The lowest BCUT2D eigenvalue weighted by Crippen LogP contribution is -2.30. The molecule has 0 saturated heterocycles. The number of aromatic nitrogens is 3. The summed E-state index contributed by atoms with van der Waals surface area (Å²) in [4.78, 5) is 35.4. The summed E-state index contributed by atoms with van der Waals surface area (Å²) in [6.07, 6.45) is 3.09. The first-order chi connectivity index (χ1) is 15.5. The van der Waals surface area contributed by atoms with Gasteiger partial charge >= 0.3 is 0 Å². The van der Waals surface area contributed by atoms with Crippen LogP contribution < -0.4 is 16.6 Å². The number of anilines is 1. The predicted octanol–water partition coefficient (Wildman–Crippen LogP) is 2.54. The third-order valence-corrected chi connectivity index (χ3v) is 4.99. The van der Waals surface area contributed by atoms with E-state index >= 15 is 0 Å². The molecule has 0 saturated carbocycles. The molecule has 0 bridgehead atoms. The minimum atomic E-state index is -0.501. The zero-order chi connectivity index (χ0) is 22.5. The molecular formula is C24H21N5O3. The molecule has 1 atom stereocenters. The van der Waals surface area contributed by atoms with Crippen LogP contribution in [0.15, 0.2) is 83.9 Å². The maximum Gasteiger partial charge on any atom is 0.251 e. The van der Waals surface area contributed by atoms with Gasteiger partial charge in [0.05, 0.1) is 24.5 Å². The van der Waals surface area contributed by atoms with Gasteiger partial charge in [-0.3, -0.25) is 9.59 Å². The van der Waals surface area contributed by atoms with Crippen LogP contribution in [0, 0.1) is 0 Å². The Balaban J connectivity index is 1.56. The molecule has 160 valence electrons. The molecule has 0 spiro atoms. The van der Waals surface area contributed by atoms with E-state index in [2.05, 4.69) is 20.3 Å². The number of carbonyl (C=O) groups is 1. The van der Waals surface area contributed by atoms with Crippen molar-refractivity contribution in [2.75, 3.05) is 12.3 Å². The lowest BCUT2D eigenvalue weighted by Gasteiger charge is -2.17. The molecule has 5 N–H and O–H groups in total. The summed E-state index contributed by atoms with van der Waals surface area (Å²) in [6.45, 7) is -0.211. The number of nitrogen functional groups attached to an aromatic ring is 1. The van der Waals surface area contributed by atoms with Gasteiger partial charge in [-0.15, -0.1) is 0 Å². The first kappa shape index (κ1) is 21.0. The largest absolute Gasteiger partial charge is 0.394 e. The molecule has 4 rings (SSSR count). The summed E-state index contributed by atoms with van der Waals surface area (Å²) in [5, 5.41) is 12.5. The quantitative estimate of drug-likeness (QED) is 0.374. The van der Waals surface area contributed by atoms with Gasteiger partial charge in [-0.05, 0) is 23.8 Å². The Labute approximate surface area is 183 Å². The molecular weight excluding hydrogens is 406 g/mol. The van der Waals surface area contributed by atoms with E-state index in [1.165, 1.54) is 12.3 Å². The van der Waals surface area contributed by atoms with Crippen molar-refractivity contribution in [2.24, 2.45) is 0 Å². The van der Waals surface area contributed by atoms with Gasteiger partial charge in [0.15, 0.2) is 0 Å². The average Bonchev–Trinajstić information content (AvgIpc) is 2.84. The van der Waals surface area contributed by atoms with E-state index < -0.39 is 6.04 Å². The van der Waals surface area contributed by atoms with Gasteiger partial charge in [0, 0.05) is 29.0 Å². The van der Waals surface area contributed by atoms with E-state index in [1.807, 2.05) is 30.3 Å². The molecule has 2 heterocycles. The van der Waals surface area contributed by atoms with Crippen molar-refractivity contribution in [3.05, 3.63) is 101 Å². The summed E-state index contributed by atoms with van der Waals surface area (Å²) in [7, 11) is 0. The van der Waals surface area contributed by atoms with E-state index in [4.69, 9.17) is 5.73 Å². The number of H-pyrrole nitrogens is 1. The molecule has 0 aliphatic heterocycles. The Morgan fingerprint density at radius 3 is 2.41 bits per heavy atom. The van der Waals surface area contributed by atoms with Crippen molar-refractivity contribution < 1.29 is 9.90 Å². The van der Waals surface area contributed by atoms with Crippen LogP contribution in [-0.2, 0) is 0 Å². The van der Waals surface area contributed by atoms with E-state index in [9.17, 15) is 14.7 Å². The van der Waals surface area contributed by atoms with Gasteiger partial charge in [0.2, 0.25) is 5.56 Å². The first-order valence-electron chi connectivity index (χ1n) is 9.94. The third kappa shape index (κ3) is 4.55. The summed E-state index contributed by atoms with van der Waals surface area (Å²) >= 11 is 0. The van der Waals surface area contributed by atoms with Crippen LogP contribution in [0.4, 0.5) is 5.82 Å². The second kappa shape index (κ2) is 9.23. The van der Waals surface area contributed by atoms with Crippen molar-refractivity contribution in [1.82, 2.24) is 20.3 Å². The number of benzene rings is 2. The predicted molar refractivity (Wildman–Crippen MR) is 122 cm³/mol. The molecule has 4 aromatic rings. The Bertz CT molecular complexity index is 1270. The highest BCUT2D eigenvalue weighted by molar-refractivity contribution is 5.95. The number of hydrogen-bond donors (Lipinski definition) is 4. The first-order valence-corrected chi connectivity index (χ1v) is 9.94. The summed E-state index contributed by atoms with van der Waals surface area (Å²) in [5.41, 5.74) is 9.50. The molecule has 0 aliphatic rings. The van der Waals surface area contributed by atoms with Crippen LogP contribution in [0.2, 0.25) is 0 Å². The summed E-state index contributed by atoms with van der Waals surface area (Å²) < 4.78 is 0. The smallest absolute Gasteiger partial charge is 0.251 e. The van der Waals surface area contributed by atoms with Crippen LogP contribution in [-0.4, -0.2) is 32.6 Å². The highest BCUT2D eigenvalue weighted by Gasteiger charge is 2.16. The van der Waals surface area contributed by atoms with Gasteiger partial charge in [-0.2, -0.15) is 0 Å². The fourth-order valence-electron chi connectivity index (χ4n) is 3.26. The Hall–Kier alpha value is -4.30. The highest BCUT2D eigenvalue weighted by atomic mass is 16.3. The molecule has 0 fully saturated rings. The molecule has 0 aliphatic carbocycles. The molecule has 1 unspecified atom stereocenters. The third-order valence-electron chi connectivity index (χ3n) is 4.99. The molecule has 32 heavy (non-hydrogen) atoms. The van der Waals surface area contributed by atoms with E-state index in [0.717, 1.165) is 5.56 Å². The summed E-state index contributed by atoms with van der Waals surface area (Å²) in [5.74, 6) is -0.0553. The number of nitrogens with zero attached hydrogens (tertiary/aromatic N) is 2. The molecule has 1 amide bonds. The number of nitrogens with two attached hydrogens (primary N) is 1. The van der Waals surface area contributed by atoms with Gasteiger partial charge in [0.1, 0.15) is 11.5 Å². The van der Waals surface area contributed by atoms with Crippen molar-refractivity contribution in [3.8, 4) is 22.5 Å². The molecule has 2 aromatic heterocycles. The van der Waals surface area contributed by atoms with Crippen molar-refractivity contribution in [1.29, 1.82) is 0 Å². The van der Waals surface area contributed by atoms with Crippen molar-refractivity contribution >= 4 is 11.7 Å². The minimum Gasteiger partial charge on any atom is -0.394 e. The van der Waals surface area contributed by atoms with Crippen LogP contribution in [0.1, 0.15) is 22.0 Å². The molecule has 2 aromatic carbocycles. The zero-order valence-electron chi connectivity index (χ0n) is 17.0. The Morgan fingerprint density at radius 2 is 1.75 bits per heavy atom. The second-order valence-electron chi connectivity index (χ2n) is 7.13. The number of pyridine rings is 1. The fraction of sp³-hybridized carbons (Fsp3) is 0.0833. The Kier molecular flexibility index (Phi) is 6.05. The standard InChI is InChI=1S/C24H21N5O3/c25-23-22(28-19(13-27-23)18-10-11-21(31)26-12-18)16-6-8-17(9-7-16)24(32)29-20(14-30)15-4-2-1-3-5-15/h1-13,20,30H,14H2,(H2,25,27)(H,26,31)(H,29,32). The average molecular weight is 427 g/mol. The molecule has 0 radical (unpaired) electrons. The number of amides is 1. The van der Waals surface area contributed by atoms with Crippen molar-refractivity contribution in [3.63, 3.8) is 0 Å². The van der Waals surface area contributed by atoms with Gasteiger partial charge < -0.3 is 21.1 Å². The van der Waals surface area contributed by atoms with E-state index in [-0.39, 0.29) is 23.9 Å². The van der Waals surface area contributed by atoms with Gasteiger partial charge in [-0.25, -0.2) is 9.97 Å².